The summed E-state index contributed by atoms with van der Waals surface area (Å²) >= 11 is 0. The molecule has 0 unspecified atom stereocenters. The SMILES string of the molecule is CC1(C)c2cc(-c3ccc4c(-c5cccc6ccccc56)c5c6c(cccc6c4c3)Oc3cc(-c4c6ccccc6cc6ccccc46)ccc3-5)ccc2-c2c1ccc1ccccc21. The third kappa shape index (κ3) is 4.90. The van der Waals surface area contributed by atoms with Crippen LogP contribution in [-0.2, 0) is 5.41 Å². The van der Waals surface area contributed by atoms with Crippen LogP contribution in [0.4, 0.5) is 0 Å². The zero-order chi connectivity index (χ0) is 42.3. The Bertz CT molecular complexity index is 3960. The summed E-state index contributed by atoms with van der Waals surface area (Å²) in [6.07, 6.45) is 0. The molecule has 1 nitrogen and oxygen atoms in total. The van der Waals surface area contributed by atoms with E-state index in [4.69, 9.17) is 4.74 Å². The Morgan fingerprint density at radius 3 is 1.67 bits per heavy atom. The van der Waals surface area contributed by atoms with Gasteiger partial charge in [0.15, 0.2) is 0 Å². The zero-order valence-corrected chi connectivity index (χ0v) is 35.5. The molecule has 12 aromatic rings. The summed E-state index contributed by atoms with van der Waals surface area (Å²) in [5.41, 5.74) is 15.0. The highest BCUT2D eigenvalue weighted by Crippen LogP contribution is 2.57. The van der Waals surface area contributed by atoms with Crippen LogP contribution >= 0.6 is 0 Å². The largest absolute Gasteiger partial charge is 0.456 e. The highest BCUT2D eigenvalue weighted by atomic mass is 16.5. The summed E-state index contributed by atoms with van der Waals surface area (Å²) in [5.74, 6) is 1.76. The topological polar surface area (TPSA) is 9.23 Å². The first-order valence-corrected chi connectivity index (χ1v) is 22.4. The fourth-order valence-corrected chi connectivity index (χ4v) is 11.6. The molecule has 0 radical (unpaired) electrons. The van der Waals surface area contributed by atoms with Crippen LogP contribution < -0.4 is 4.74 Å². The normalized spacial score (nSPS) is 13.4. The van der Waals surface area contributed by atoms with Gasteiger partial charge >= 0.3 is 0 Å². The van der Waals surface area contributed by atoms with Gasteiger partial charge in [0.25, 0.3) is 0 Å². The van der Waals surface area contributed by atoms with Crippen LogP contribution in [0, 0.1) is 0 Å². The van der Waals surface area contributed by atoms with E-state index in [1.807, 2.05) is 0 Å². The minimum Gasteiger partial charge on any atom is -0.456 e. The van der Waals surface area contributed by atoms with Gasteiger partial charge in [-0.25, -0.2) is 0 Å². The van der Waals surface area contributed by atoms with Crippen LogP contribution in [0.1, 0.15) is 25.0 Å². The molecule has 0 saturated carbocycles. The van der Waals surface area contributed by atoms with Crippen molar-refractivity contribution in [3.63, 3.8) is 0 Å². The van der Waals surface area contributed by atoms with Gasteiger partial charge in [0.1, 0.15) is 11.5 Å². The van der Waals surface area contributed by atoms with Gasteiger partial charge in [0, 0.05) is 21.9 Å². The Morgan fingerprint density at radius 2 is 0.891 bits per heavy atom. The summed E-state index contributed by atoms with van der Waals surface area (Å²) in [6.45, 7) is 4.76. The molecule has 0 aromatic heterocycles. The predicted octanol–water partition coefficient (Wildman–Crippen LogP) is 17.7. The van der Waals surface area contributed by atoms with Crippen molar-refractivity contribution in [2.45, 2.75) is 19.3 Å². The molecular weight excluding hydrogens is 773 g/mol. The molecule has 298 valence electrons. The second-order valence-corrected chi connectivity index (χ2v) is 18.3. The summed E-state index contributed by atoms with van der Waals surface area (Å²) in [6, 6.07) is 76.6. The molecule has 64 heavy (non-hydrogen) atoms. The molecule has 0 bridgehead atoms. The molecule has 0 atom stereocenters. The molecule has 2 aliphatic rings. The molecule has 0 saturated heterocycles. The number of ether oxygens (including phenoxy) is 1. The summed E-state index contributed by atoms with van der Waals surface area (Å²) in [5, 5.41) is 14.8. The Kier molecular flexibility index (Phi) is 7.24. The third-order valence-electron chi connectivity index (χ3n) is 14.6. The van der Waals surface area contributed by atoms with Gasteiger partial charge in [-0.15, -0.1) is 0 Å². The number of hydrogen-bond donors (Lipinski definition) is 0. The van der Waals surface area contributed by atoms with Gasteiger partial charge in [-0.3, -0.25) is 0 Å². The second-order valence-electron chi connectivity index (χ2n) is 18.3. The smallest absolute Gasteiger partial charge is 0.135 e. The fraction of sp³-hybridized carbons (Fsp3) is 0.0476. The summed E-state index contributed by atoms with van der Waals surface area (Å²) in [7, 11) is 0. The Balaban J connectivity index is 1.02. The number of fused-ring (bicyclic) bond motifs is 12. The van der Waals surface area contributed by atoms with Crippen LogP contribution in [0.25, 0.3) is 120 Å². The minimum absolute atomic E-state index is 0.123. The van der Waals surface area contributed by atoms with E-state index in [2.05, 4.69) is 220 Å². The lowest BCUT2D eigenvalue weighted by Gasteiger charge is -2.27. The molecule has 0 N–H and O–H groups in total. The first kappa shape index (κ1) is 35.6. The van der Waals surface area contributed by atoms with E-state index in [0.29, 0.717) is 0 Å². The molecule has 1 aliphatic heterocycles. The van der Waals surface area contributed by atoms with Crippen molar-refractivity contribution < 1.29 is 4.74 Å². The Labute approximate surface area is 371 Å². The fourth-order valence-electron chi connectivity index (χ4n) is 11.6. The van der Waals surface area contributed by atoms with Gasteiger partial charge in [0.2, 0.25) is 0 Å². The van der Waals surface area contributed by atoms with E-state index >= 15 is 0 Å². The Hall–Kier alpha value is -8.00. The van der Waals surface area contributed by atoms with Crippen molar-refractivity contribution in [2.24, 2.45) is 0 Å². The maximum atomic E-state index is 7.11. The average Bonchev–Trinajstić information content (AvgIpc) is 3.58. The molecule has 14 rings (SSSR count). The number of hydrogen-bond acceptors (Lipinski definition) is 1. The Morgan fingerprint density at radius 1 is 0.297 bits per heavy atom. The van der Waals surface area contributed by atoms with Crippen molar-refractivity contribution in [1.82, 2.24) is 0 Å². The standard InChI is InChI=1S/C63H40O/c1-63(2)54-32-28-38-14-4-8-19-45(38)59(54)51-30-26-40(35-55(51)63)39-25-29-50-53(34-39)49-23-12-24-56-61(49)62(60(50)48-22-11-17-37-13-3-7-18-44(37)48)52-31-27-43(36-57(52)64-56)58-46-20-9-5-15-41(46)33-42-16-6-10-21-47(42)58/h3-36H,1-2H3. The average molecular weight is 813 g/mol. The minimum atomic E-state index is -0.123. The molecule has 1 heteroatoms. The van der Waals surface area contributed by atoms with E-state index in [1.165, 1.54) is 115 Å². The maximum absolute atomic E-state index is 7.11. The van der Waals surface area contributed by atoms with Crippen molar-refractivity contribution in [3.8, 4) is 67.1 Å². The van der Waals surface area contributed by atoms with Crippen molar-refractivity contribution in [1.29, 1.82) is 0 Å². The molecular formula is C63H40O. The predicted molar refractivity (Wildman–Crippen MR) is 271 cm³/mol. The first-order valence-electron chi connectivity index (χ1n) is 22.4. The molecule has 1 heterocycles. The van der Waals surface area contributed by atoms with E-state index in [1.54, 1.807) is 0 Å². The molecule has 0 fully saturated rings. The lowest BCUT2D eigenvalue weighted by Crippen LogP contribution is -2.15. The van der Waals surface area contributed by atoms with Crippen molar-refractivity contribution >= 4 is 64.6 Å². The van der Waals surface area contributed by atoms with E-state index in [-0.39, 0.29) is 5.41 Å². The van der Waals surface area contributed by atoms with E-state index in [9.17, 15) is 0 Å². The van der Waals surface area contributed by atoms with Crippen LogP contribution in [0.15, 0.2) is 206 Å². The zero-order valence-electron chi connectivity index (χ0n) is 35.5. The molecule has 12 aromatic carbocycles. The third-order valence-corrected chi connectivity index (χ3v) is 14.6. The van der Waals surface area contributed by atoms with Gasteiger partial charge in [-0.1, -0.05) is 184 Å². The van der Waals surface area contributed by atoms with Crippen molar-refractivity contribution in [3.05, 3.63) is 217 Å². The summed E-state index contributed by atoms with van der Waals surface area (Å²) < 4.78 is 7.11. The molecule has 0 spiro atoms. The molecule has 1 aliphatic carbocycles. The highest BCUT2D eigenvalue weighted by molar-refractivity contribution is 6.26. The van der Waals surface area contributed by atoms with Crippen LogP contribution in [0.3, 0.4) is 0 Å². The lowest BCUT2D eigenvalue weighted by atomic mass is 9.80. The number of benzene rings is 12. The lowest BCUT2D eigenvalue weighted by molar-refractivity contribution is 0.487. The second kappa shape index (κ2) is 13.0. The number of rotatable bonds is 3. The van der Waals surface area contributed by atoms with E-state index in [0.717, 1.165) is 28.0 Å². The first-order chi connectivity index (χ1) is 31.5. The van der Waals surface area contributed by atoms with Gasteiger partial charge in [-0.2, -0.15) is 0 Å². The molecule has 0 amide bonds. The monoisotopic (exact) mass is 812 g/mol. The van der Waals surface area contributed by atoms with Gasteiger partial charge < -0.3 is 4.74 Å². The van der Waals surface area contributed by atoms with Gasteiger partial charge in [0.05, 0.1) is 0 Å². The quantitative estimate of drug-likeness (QED) is 0.128. The van der Waals surface area contributed by atoms with Crippen molar-refractivity contribution in [2.75, 3.05) is 0 Å². The van der Waals surface area contributed by atoms with Gasteiger partial charge in [-0.05, 0) is 151 Å². The van der Waals surface area contributed by atoms with Crippen LogP contribution in [0.2, 0.25) is 0 Å². The highest BCUT2D eigenvalue weighted by Gasteiger charge is 2.37. The van der Waals surface area contributed by atoms with E-state index < -0.39 is 0 Å². The maximum Gasteiger partial charge on any atom is 0.135 e. The van der Waals surface area contributed by atoms with Crippen LogP contribution in [-0.4, -0.2) is 0 Å². The summed E-state index contributed by atoms with van der Waals surface area (Å²) in [4.78, 5) is 0. The van der Waals surface area contributed by atoms with Crippen LogP contribution in [0.5, 0.6) is 11.5 Å².